The molecule has 0 bridgehead atoms. The van der Waals surface area contributed by atoms with E-state index < -0.39 is 0 Å². The van der Waals surface area contributed by atoms with Gasteiger partial charge in [0.15, 0.2) is 5.81 Å². The van der Waals surface area contributed by atoms with E-state index >= 15 is 0 Å². The zero-order valence-corrected chi connectivity index (χ0v) is 26.3. The van der Waals surface area contributed by atoms with Crippen LogP contribution in [0.4, 0.5) is 4.79 Å². The molecular formula is C32H50BN3O2S. The predicted octanol–water partition coefficient (Wildman–Crippen LogP) is 5.39. The van der Waals surface area contributed by atoms with Crippen molar-refractivity contribution in [1.29, 1.82) is 0 Å². The monoisotopic (exact) mass is 551 g/mol. The van der Waals surface area contributed by atoms with Gasteiger partial charge in [-0.25, -0.2) is 0 Å². The quantitative estimate of drug-likeness (QED) is 0.320. The van der Waals surface area contributed by atoms with Crippen LogP contribution in [0.15, 0.2) is 35.7 Å². The molecule has 0 fully saturated rings. The molecule has 0 saturated carbocycles. The lowest BCUT2D eigenvalue weighted by atomic mass is 9.64. The molecule has 0 unspecified atom stereocenters. The Labute approximate surface area is 242 Å². The van der Waals surface area contributed by atoms with E-state index in [-0.39, 0.29) is 22.7 Å². The van der Waals surface area contributed by atoms with E-state index in [1.54, 1.807) is 0 Å². The highest BCUT2D eigenvalue weighted by atomic mass is 32.1. The summed E-state index contributed by atoms with van der Waals surface area (Å²) in [5.41, 5.74) is 3.29. The number of carbonyl (C=O) groups excluding carboxylic acids is 2. The van der Waals surface area contributed by atoms with Gasteiger partial charge in [-0.1, -0.05) is 57.4 Å². The third-order valence-corrected chi connectivity index (χ3v) is 10.1. The Morgan fingerprint density at radius 2 is 1.85 bits per heavy atom. The van der Waals surface area contributed by atoms with Crippen LogP contribution in [0.25, 0.3) is 0 Å². The molecule has 1 aliphatic carbocycles. The topological polar surface area (TPSA) is 52.7 Å². The first-order valence-electron chi connectivity index (χ1n) is 15.0. The van der Waals surface area contributed by atoms with Gasteiger partial charge in [0.05, 0.1) is 0 Å². The number of hydrogen-bond donors (Lipinski definition) is 1. The van der Waals surface area contributed by atoms with Gasteiger partial charge in [-0.3, -0.25) is 14.5 Å². The largest absolute Gasteiger partial charge is 0.364 e. The van der Waals surface area contributed by atoms with Gasteiger partial charge >= 0.3 is 0 Å². The molecule has 2 amide bonds. The molecule has 0 radical (unpaired) electrons. The van der Waals surface area contributed by atoms with Gasteiger partial charge in [0.2, 0.25) is 5.91 Å². The summed E-state index contributed by atoms with van der Waals surface area (Å²) < 4.78 is 0. The van der Waals surface area contributed by atoms with E-state index in [9.17, 15) is 9.59 Å². The van der Waals surface area contributed by atoms with Gasteiger partial charge in [-0.05, 0) is 82.0 Å². The van der Waals surface area contributed by atoms with Crippen LogP contribution >= 0.6 is 11.3 Å². The number of nitrogens with zero attached hydrogens (tertiary/aromatic N) is 2. The van der Waals surface area contributed by atoms with Crippen LogP contribution in [-0.4, -0.2) is 66.6 Å². The summed E-state index contributed by atoms with van der Waals surface area (Å²) in [5, 5.41) is 5.38. The predicted molar refractivity (Wildman–Crippen MR) is 168 cm³/mol. The lowest BCUT2D eigenvalue weighted by molar-refractivity contribution is -0.140. The summed E-state index contributed by atoms with van der Waals surface area (Å²) >= 11 is 1.86. The molecule has 0 saturated heterocycles. The van der Waals surface area contributed by atoms with Crippen LogP contribution in [-0.2, 0) is 24.1 Å². The number of carbonyl (C=O) groups is 2. The molecule has 3 rings (SSSR count). The van der Waals surface area contributed by atoms with Gasteiger partial charge in [-0.15, -0.1) is 11.3 Å². The molecule has 0 aliphatic heterocycles. The zero-order chi connectivity index (χ0) is 28.6. The van der Waals surface area contributed by atoms with Crippen LogP contribution in [0.3, 0.4) is 0 Å². The second-order valence-electron chi connectivity index (χ2n) is 12.2. The fourth-order valence-corrected chi connectivity index (χ4v) is 6.73. The van der Waals surface area contributed by atoms with Gasteiger partial charge in [0.1, 0.15) is 0 Å². The summed E-state index contributed by atoms with van der Waals surface area (Å²) in [6, 6.07) is 11.5. The van der Waals surface area contributed by atoms with Crippen molar-refractivity contribution >= 4 is 35.8 Å². The van der Waals surface area contributed by atoms with Crippen molar-refractivity contribution in [2.75, 3.05) is 26.2 Å². The Bertz CT molecular complexity index is 1080. The van der Waals surface area contributed by atoms with E-state index in [0.717, 1.165) is 44.2 Å². The van der Waals surface area contributed by atoms with Crippen molar-refractivity contribution in [3.63, 3.8) is 0 Å². The van der Waals surface area contributed by atoms with Gasteiger partial charge in [0, 0.05) is 47.9 Å². The van der Waals surface area contributed by atoms with Crippen LogP contribution in [0.1, 0.15) is 83.7 Å². The molecule has 1 heterocycles. The van der Waals surface area contributed by atoms with E-state index in [1.807, 2.05) is 30.1 Å². The Morgan fingerprint density at radius 3 is 2.49 bits per heavy atom. The maximum atomic E-state index is 13.2. The fourth-order valence-electron chi connectivity index (χ4n) is 6.03. The summed E-state index contributed by atoms with van der Waals surface area (Å²) in [6.07, 6.45) is 6.03. The standard InChI is InChI=1S/C32H50BN3O2S/c1-8-19-35(20-18-26-14-12-21-39-26)25-16-17-27-24(22-25)13-11-15-28(27)33-30(38)34-23-31(4,5)32(6,7)36(10-3)29(37)9-2/h11-15,21,25,33H,8-10,16-20,22-23H2,1-7H3,(H,34,38)/t25-/m1/s1. The molecule has 0 spiro atoms. The number of fused-ring (bicyclic) bond motifs is 1. The molecular weight excluding hydrogens is 501 g/mol. The lowest BCUT2D eigenvalue weighted by Crippen LogP contribution is -2.59. The molecule has 5 nitrogen and oxygen atoms in total. The van der Waals surface area contributed by atoms with Gasteiger partial charge in [0.25, 0.3) is 7.28 Å². The average molecular weight is 552 g/mol. The minimum atomic E-state index is -0.378. The summed E-state index contributed by atoms with van der Waals surface area (Å²) in [5.74, 6) is 0.211. The third kappa shape index (κ3) is 7.76. The molecule has 7 heteroatoms. The number of thiophene rings is 1. The van der Waals surface area contributed by atoms with Crippen LogP contribution in [0.2, 0.25) is 0 Å². The van der Waals surface area contributed by atoms with Crippen LogP contribution < -0.4 is 10.8 Å². The first kappa shape index (κ1) is 31.4. The summed E-state index contributed by atoms with van der Waals surface area (Å²) in [7, 11) is 0.410. The van der Waals surface area contributed by atoms with E-state index in [0.29, 0.717) is 32.8 Å². The first-order valence-corrected chi connectivity index (χ1v) is 15.8. The van der Waals surface area contributed by atoms with Crippen molar-refractivity contribution in [3.8, 4) is 0 Å². The number of amides is 2. The summed E-state index contributed by atoms with van der Waals surface area (Å²) in [4.78, 5) is 31.8. The molecule has 1 aromatic heterocycles. The minimum Gasteiger partial charge on any atom is -0.364 e. The van der Waals surface area contributed by atoms with Crippen LogP contribution in [0, 0.1) is 5.41 Å². The molecule has 1 aromatic carbocycles. The highest BCUT2D eigenvalue weighted by Crippen LogP contribution is 2.35. The summed E-state index contributed by atoms with van der Waals surface area (Å²) in [6.45, 7) is 18.2. The molecule has 1 aliphatic rings. The van der Waals surface area contributed by atoms with Gasteiger partial charge in [-0.2, -0.15) is 0 Å². The fraction of sp³-hybridized carbons (Fsp3) is 0.625. The first-order chi connectivity index (χ1) is 18.5. The molecule has 1 N–H and O–H groups in total. The highest BCUT2D eigenvalue weighted by molar-refractivity contribution is 7.09. The number of benzene rings is 1. The highest BCUT2D eigenvalue weighted by Gasteiger charge is 2.43. The zero-order valence-electron chi connectivity index (χ0n) is 25.4. The van der Waals surface area contributed by atoms with E-state index in [1.165, 1.54) is 22.4 Å². The Kier molecular flexibility index (Phi) is 11.3. The van der Waals surface area contributed by atoms with Crippen molar-refractivity contribution in [3.05, 3.63) is 51.7 Å². The lowest BCUT2D eigenvalue weighted by Gasteiger charge is -2.49. The molecule has 214 valence electrons. The van der Waals surface area contributed by atoms with Crippen molar-refractivity contribution in [2.24, 2.45) is 5.41 Å². The number of rotatable bonds is 14. The number of nitrogens with one attached hydrogen (secondary N) is 1. The third-order valence-electron chi connectivity index (χ3n) is 9.14. The SMILES string of the molecule is CCCN(CCc1cccs1)[C@@H]1CCc2c(BC(=O)NCC(C)(C)C(C)(C)N(CC)C(=O)CC)cccc2C1. The second kappa shape index (κ2) is 14.0. The maximum absolute atomic E-state index is 13.2. The minimum absolute atomic E-state index is 0.0582. The van der Waals surface area contributed by atoms with Crippen molar-refractivity contribution < 1.29 is 9.59 Å². The average Bonchev–Trinajstić information content (AvgIpc) is 3.43. The normalized spacial score (nSPS) is 15.6. The Balaban J connectivity index is 1.62. The smallest absolute Gasteiger partial charge is 0.267 e. The van der Waals surface area contributed by atoms with E-state index in [4.69, 9.17) is 0 Å². The molecule has 39 heavy (non-hydrogen) atoms. The second-order valence-corrected chi connectivity index (χ2v) is 13.2. The number of hydrogen-bond acceptors (Lipinski definition) is 4. The molecule has 1 atom stereocenters. The van der Waals surface area contributed by atoms with Crippen LogP contribution in [0.5, 0.6) is 0 Å². The van der Waals surface area contributed by atoms with Crippen molar-refractivity contribution in [2.45, 2.75) is 98.6 Å². The van der Waals surface area contributed by atoms with Crippen molar-refractivity contribution in [1.82, 2.24) is 15.1 Å². The Hall–Kier alpha value is -2.12. The maximum Gasteiger partial charge on any atom is 0.267 e. The Morgan fingerprint density at radius 1 is 1.08 bits per heavy atom. The van der Waals surface area contributed by atoms with Gasteiger partial charge < -0.3 is 10.2 Å². The molecule has 2 aromatic rings. The van der Waals surface area contributed by atoms with E-state index in [2.05, 4.69) is 80.5 Å².